The van der Waals surface area contributed by atoms with Crippen molar-refractivity contribution in [2.75, 3.05) is 18.1 Å². The zero-order valence-electron chi connectivity index (χ0n) is 11.0. The normalized spacial score (nSPS) is 18.5. The number of rotatable bonds is 3. The van der Waals surface area contributed by atoms with Crippen molar-refractivity contribution in [2.24, 2.45) is 0 Å². The summed E-state index contributed by atoms with van der Waals surface area (Å²) >= 11 is 3.42. The molecule has 0 spiro atoms. The van der Waals surface area contributed by atoms with E-state index in [0.29, 0.717) is 0 Å². The van der Waals surface area contributed by atoms with E-state index in [0.717, 1.165) is 40.9 Å². The molecule has 1 aromatic carbocycles. The van der Waals surface area contributed by atoms with Gasteiger partial charge in [0, 0.05) is 16.6 Å². The highest BCUT2D eigenvalue weighted by atomic mass is 79.9. The molecule has 0 bridgehead atoms. The van der Waals surface area contributed by atoms with E-state index in [1.165, 1.54) is 0 Å². The molecule has 1 unspecified atom stereocenters. The van der Waals surface area contributed by atoms with E-state index < -0.39 is 0 Å². The van der Waals surface area contributed by atoms with Crippen molar-refractivity contribution in [2.45, 2.75) is 18.9 Å². The van der Waals surface area contributed by atoms with Gasteiger partial charge in [0.15, 0.2) is 5.82 Å². The topological polar surface area (TPSA) is 49.2 Å². The van der Waals surface area contributed by atoms with E-state index in [1.54, 1.807) is 0 Å². The Labute approximate surface area is 126 Å². The quantitative estimate of drug-likeness (QED) is 0.938. The van der Waals surface area contributed by atoms with Gasteiger partial charge in [0.25, 0.3) is 0 Å². The van der Waals surface area contributed by atoms with E-state index >= 15 is 0 Å². The van der Waals surface area contributed by atoms with Crippen molar-refractivity contribution in [3.63, 3.8) is 0 Å². The molecule has 1 aromatic heterocycles. The lowest BCUT2D eigenvalue weighted by Gasteiger charge is -2.23. The Kier molecular flexibility index (Phi) is 3.98. The van der Waals surface area contributed by atoms with Crippen LogP contribution in [-0.4, -0.2) is 34.5 Å². The van der Waals surface area contributed by atoms with Crippen LogP contribution in [0.2, 0.25) is 0 Å². The van der Waals surface area contributed by atoms with Crippen LogP contribution in [0.15, 0.2) is 40.9 Å². The predicted octanol–water partition coefficient (Wildman–Crippen LogP) is 2.87. The van der Waals surface area contributed by atoms with Crippen LogP contribution >= 0.6 is 15.9 Å². The van der Waals surface area contributed by atoms with Crippen molar-refractivity contribution < 1.29 is 5.11 Å². The lowest BCUT2D eigenvalue weighted by molar-refractivity contribution is 0.266. The summed E-state index contributed by atoms with van der Waals surface area (Å²) in [7, 11) is 0. The zero-order chi connectivity index (χ0) is 13.9. The Hall–Kier alpha value is -1.46. The van der Waals surface area contributed by atoms with Gasteiger partial charge >= 0.3 is 0 Å². The maximum atomic E-state index is 9.36. The summed E-state index contributed by atoms with van der Waals surface area (Å²) in [6.45, 7) is 1.12. The molecule has 1 atom stereocenters. The van der Waals surface area contributed by atoms with Crippen LogP contribution in [0.3, 0.4) is 0 Å². The molecule has 0 amide bonds. The van der Waals surface area contributed by atoms with Gasteiger partial charge < -0.3 is 10.0 Å². The Balaban J connectivity index is 1.82. The second-order valence-corrected chi connectivity index (χ2v) is 5.87. The minimum Gasteiger partial charge on any atom is -0.394 e. The van der Waals surface area contributed by atoms with Gasteiger partial charge in [-0.15, -0.1) is 10.2 Å². The number of aliphatic hydroxyl groups excluding tert-OH is 1. The molecule has 4 nitrogen and oxygen atoms in total. The smallest absolute Gasteiger partial charge is 0.151 e. The van der Waals surface area contributed by atoms with Gasteiger partial charge in [0.05, 0.1) is 18.3 Å². The lowest BCUT2D eigenvalue weighted by Crippen LogP contribution is -2.32. The van der Waals surface area contributed by atoms with E-state index in [1.807, 2.05) is 36.4 Å². The Bertz CT molecular complexity index is 571. The minimum atomic E-state index is 0.177. The average Bonchev–Trinajstić information content (AvgIpc) is 2.97. The molecule has 104 valence electrons. The highest BCUT2D eigenvalue weighted by molar-refractivity contribution is 9.10. The van der Waals surface area contributed by atoms with Crippen molar-refractivity contribution in [3.8, 4) is 11.3 Å². The number of anilines is 1. The van der Waals surface area contributed by atoms with Crippen LogP contribution in [0.5, 0.6) is 0 Å². The third-order valence-corrected chi connectivity index (χ3v) is 4.20. The molecule has 2 heterocycles. The van der Waals surface area contributed by atoms with Gasteiger partial charge in [0.2, 0.25) is 0 Å². The first-order chi connectivity index (χ1) is 9.78. The third-order valence-electron chi connectivity index (χ3n) is 3.67. The van der Waals surface area contributed by atoms with Gasteiger partial charge in [-0.05, 0) is 37.1 Å². The summed E-state index contributed by atoms with van der Waals surface area (Å²) in [5.74, 6) is 0.849. The molecule has 0 radical (unpaired) electrons. The summed E-state index contributed by atoms with van der Waals surface area (Å²) in [6.07, 6.45) is 2.12. The standard InChI is InChI=1S/C15H16BrN3O/c16-12-5-3-11(4-6-12)14-7-8-15(18-17-14)19-9-1-2-13(19)10-20/h3-8,13,20H,1-2,9-10H2. The number of aromatic nitrogens is 2. The monoisotopic (exact) mass is 333 g/mol. The van der Waals surface area contributed by atoms with Crippen molar-refractivity contribution in [1.29, 1.82) is 0 Å². The number of aliphatic hydroxyl groups is 1. The van der Waals surface area contributed by atoms with Crippen molar-refractivity contribution in [3.05, 3.63) is 40.9 Å². The first-order valence-corrected chi connectivity index (χ1v) is 7.54. The number of halogens is 1. The molecule has 5 heteroatoms. The maximum Gasteiger partial charge on any atom is 0.151 e. The largest absolute Gasteiger partial charge is 0.394 e. The Morgan fingerprint density at radius 2 is 1.95 bits per heavy atom. The van der Waals surface area contributed by atoms with Crippen LogP contribution < -0.4 is 4.90 Å². The molecular formula is C15H16BrN3O. The summed E-state index contributed by atoms with van der Waals surface area (Å²) < 4.78 is 1.05. The molecule has 0 aliphatic carbocycles. The molecule has 1 aliphatic heterocycles. The molecule has 3 rings (SSSR count). The highest BCUT2D eigenvalue weighted by Gasteiger charge is 2.25. The maximum absolute atomic E-state index is 9.36. The van der Waals surface area contributed by atoms with Crippen molar-refractivity contribution >= 4 is 21.7 Å². The average molecular weight is 334 g/mol. The predicted molar refractivity (Wildman–Crippen MR) is 82.6 cm³/mol. The zero-order valence-corrected chi connectivity index (χ0v) is 12.6. The van der Waals surface area contributed by atoms with E-state index in [-0.39, 0.29) is 12.6 Å². The van der Waals surface area contributed by atoms with Gasteiger partial charge in [-0.2, -0.15) is 0 Å². The summed E-state index contributed by atoms with van der Waals surface area (Å²) in [5.41, 5.74) is 1.91. The van der Waals surface area contributed by atoms with Gasteiger partial charge in [-0.1, -0.05) is 28.1 Å². The van der Waals surface area contributed by atoms with Gasteiger partial charge in [0.1, 0.15) is 0 Å². The van der Waals surface area contributed by atoms with E-state index in [4.69, 9.17) is 0 Å². The van der Waals surface area contributed by atoms with Crippen LogP contribution in [0.4, 0.5) is 5.82 Å². The second kappa shape index (κ2) is 5.89. The SMILES string of the molecule is OCC1CCCN1c1ccc(-c2ccc(Br)cc2)nn1. The molecule has 2 aromatic rings. The molecule has 1 fully saturated rings. The van der Waals surface area contributed by atoms with Crippen LogP contribution in [0.1, 0.15) is 12.8 Å². The summed E-state index contributed by atoms with van der Waals surface area (Å²) in [4.78, 5) is 2.14. The molecule has 1 aliphatic rings. The number of benzene rings is 1. The Morgan fingerprint density at radius 3 is 2.60 bits per heavy atom. The fraction of sp³-hybridized carbons (Fsp3) is 0.333. The van der Waals surface area contributed by atoms with Gasteiger partial charge in [-0.3, -0.25) is 0 Å². The first-order valence-electron chi connectivity index (χ1n) is 6.75. The van der Waals surface area contributed by atoms with Crippen LogP contribution in [0.25, 0.3) is 11.3 Å². The molecule has 0 saturated carbocycles. The highest BCUT2D eigenvalue weighted by Crippen LogP contribution is 2.25. The Morgan fingerprint density at radius 1 is 1.15 bits per heavy atom. The van der Waals surface area contributed by atoms with Gasteiger partial charge in [-0.25, -0.2) is 0 Å². The first kappa shape index (κ1) is 13.5. The molecule has 1 N–H and O–H groups in total. The summed E-state index contributed by atoms with van der Waals surface area (Å²) in [6, 6.07) is 12.2. The van der Waals surface area contributed by atoms with Crippen LogP contribution in [-0.2, 0) is 0 Å². The molecule has 20 heavy (non-hydrogen) atoms. The number of nitrogens with zero attached hydrogens (tertiary/aromatic N) is 3. The van der Waals surface area contributed by atoms with Crippen molar-refractivity contribution in [1.82, 2.24) is 10.2 Å². The minimum absolute atomic E-state index is 0.177. The van der Waals surface area contributed by atoms with E-state index in [2.05, 4.69) is 31.0 Å². The van der Waals surface area contributed by atoms with Crippen LogP contribution in [0, 0.1) is 0 Å². The number of hydrogen-bond acceptors (Lipinski definition) is 4. The molecular weight excluding hydrogens is 318 g/mol. The number of hydrogen-bond donors (Lipinski definition) is 1. The molecule has 1 saturated heterocycles. The second-order valence-electron chi connectivity index (χ2n) is 4.96. The fourth-order valence-electron chi connectivity index (χ4n) is 2.58. The lowest BCUT2D eigenvalue weighted by atomic mass is 10.1. The van der Waals surface area contributed by atoms with E-state index in [9.17, 15) is 5.11 Å². The fourth-order valence-corrected chi connectivity index (χ4v) is 2.84. The third kappa shape index (κ3) is 2.69. The summed E-state index contributed by atoms with van der Waals surface area (Å²) in [5, 5.41) is 18.0.